The van der Waals surface area contributed by atoms with Crippen LogP contribution in [0.4, 0.5) is 8.78 Å². The molecule has 1 heterocycles. The Balaban J connectivity index is 2.46. The Labute approximate surface area is 110 Å². The lowest BCUT2D eigenvalue weighted by Crippen LogP contribution is -2.29. The van der Waals surface area contributed by atoms with Gasteiger partial charge < -0.3 is 0 Å². The van der Waals surface area contributed by atoms with Crippen molar-refractivity contribution in [1.29, 1.82) is 0 Å². The van der Waals surface area contributed by atoms with Crippen molar-refractivity contribution in [2.75, 3.05) is 0 Å². The van der Waals surface area contributed by atoms with E-state index in [0.717, 1.165) is 15.4 Å². The molecule has 0 aliphatic rings. The molecule has 6 heteroatoms. The lowest BCUT2D eigenvalue weighted by Gasteiger charge is -2.16. The van der Waals surface area contributed by atoms with Gasteiger partial charge >= 0.3 is 0 Å². The van der Waals surface area contributed by atoms with Gasteiger partial charge in [-0.15, -0.1) is 11.3 Å². The maximum Gasteiger partial charge on any atom is 0.131 e. The van der Waals surface area contributed by atoms with Crippen LogP contribution in [0.5, 0.6) is 0 Å². The second-order valence-electron chi connectivity index (χ2n) is 3.40. The molecule has 2 rings (SSSR count). The first-order valence-corrected chi connectivity index (χ1v) is 6.44. The minimum Gasteiger partial charge on any atom is -0.271 e. The Morgan fingerprint density at radius 2 is 2.06 bits per heavy atom. The highest BCUT2D eigenvalue weighted by atomic mass is 79.9. The molecule has 0 amide bonds. The minimum atomic E-state index is -0.617. The number of halogens is 3. The third-order valence-corrected chi connectivity index (χ3v) is 4.28. The molecule has 0 bridgehead atoms. The molecule has 0 aliphatic heterocycles. The molecule has 90 valence electrons. The van der Waals surface area contributed by atoms with Crippen molar-refractivity contribution in [1.82, 2.24) is 5.43 Å². The Hall–Kier alpha value is -0.820. The van der Waals surface area contributed by atoms with E-state index in [1.807, 2.05) is 11.4 Å². The Morgan fingerprint density at radius 3 is 2.59 bits per heavy atom. The van der Waals surface area contributed by atoms with E-state index in [4.69, 9.17) is 5.84 Å². The Bertz CT molecular complexity index is 530. The van der Waals surface area contributed by atoms with Crippen molar-refractivity contribution in [2.45, 2.75) is 6.04 Å². The third-order valence-electron chi connectivity index (χ3n) is 2.35. The van der Waals surface area contributed by atoms with E-state index in [1.165, 1.54) is 23.5 Å². The number of benzene rings is 1. The lowest BCUT2D eigenvalue weighted by atomic mass is 10.1. The summed E-state index contributed by atoms with van der Waals surface area (Å²) < 4.78 is 27.3. The molecule has 0 spiro atoms. The summed E-state index contributed by atoms with van der Waals surface area (Å²) in [6, 6.07) is 4.81. The first-order valence-electron chi connectivity index (χ1n) is 4.77. The van der Waals surface area contributed by atoms with Crippen molar-refractivity contribution in [3.63, 3.8) is 0 Å². The SMILES string of the molecule is NNC(c1ccc(F)cc1F)c1sccc1Br. The second kappa shape index (κ2) is 5.22. The molecule has 3 N–H and O–H groups in total. The largest absolute Gasteiger partial charge is 0.271 e. The van der Waals surface area contributed by atoms with Crippen molar-refractivity contribution < 1.29 is 8.78 Å². The Morgan fingerprint density at radius 1 is 1.29 bits per heavy atom. The van der Waals surface area contributed by atoms with Crippen LogP contribution in [0.1, 0.15) is 16.5 Å². The molecule has 1 aromatic carbocycles. The smallest absolute Gasteiger partial charge is 0.131 e. The molecule has 2 nitrogen and oxygen atoms in total. The molecule has 1 atom stereocenters. The maximum absolute atomic E-state index is 13.7. The fourth-order valence-electron chi connectivity index (χ4n) is 1.55. The number of hydrogen-bond donors (Lipinski definition) is 2. The van der Waals surface area contributed by atoms with Crippen LogP contribution >= 0.6 is 27.3 Å². The fraction of sp³-hybridized carbons (Fsp3) is 0.0909. The van der Waals surface area contributed by atoms with Crippen LogP contribution in [0.25, 0.3) is 0 Å². The number of thiophene rings is 1. The highest BCUT2D eigenvalue weighted by Gasteiger charge is 2.20. The van der Waals surface area contributed by atoms with Gasteiger partial charge in [0.2, 0.25) is 0 Å². The fourth-order valence-corrected chi connectivity index (χ4v) is 3.23. The maximum atomic E-state index is 13.7. The van der Waals surface area contributed by atoms with Gasteiger partial charge in [-0.25, -0.2) is 14.2 Å². The topological polar surface area (TPSA) is 38.0 Å². The van der Waals surface area contributed by atoms with Gasteiger partial charge in [-0.1, -0.05) is 6.07 Å². The number of nitrogens with two attached hydrogens (primary N) is 1. The van der Waals surface area contributed by atoms with Crippen LogP contribution in [0, 0.1) is 11.6 Å². The van der Waals surface area contributed by atoms with E-state index >= 15 is 0 Å². The molecule has 0 aliphatic carbocycles. The lowest BCUT2D eigenvalue weighted by molar-refractivity contribution is 0.544. The predicted octanol–water partition coefficient (Wildman–Crippen LogP) is 3.34. The van der Waals surface area contributed by atoms with Gasteiger partial charge in [-0.2, -0.15) is 0 Å². The van der Waals surface area contributed by atoms with Crippen molar-refractivity contribution >= 4 is 27.3 Å². The van der Waals surface area contributed by atoms with E-state index in [0.29, 0.717) is 5.56 Å². The summed E-state index contributed by atoms with van der Waals surface area (Å²) in [5.41, 5.74) is 2.86. The third kappa shape index (κ3) is 2.55. The molecular formula is C11H9BrF2N2S. The second-order valence-corrected chi connectivity index (χ2v) is 5.20. The molecule has 1 aromatic heterocycles. The molecule has 0 fully saturated rings. The normalized spacial score (nSPS) is 12.7. The highest BCUT2D eigenvalue weighted by Crippen LogP contribution is 2.33. The van der Waals surface area contributed by atoms with Crippen LogP contribution in [-0.4, -0.2) is 0 Å². The molecule has 0 saturated carbocycles. The van der Waals surface area contributed by atoms with Gasteiger partial charge in [0, 0.05) is 21.0 Å². The predicted molar refractivity (Wildman–Crippen MR) is 67.5 cm³/mol. The zero-order valence-corrected chi connectivity index (χ0v) is 11.0. The standard InChI is InChI=1S/C11H9BrF2N2S/c12-8-3-4-17-11(8)10(16-15)7-2-1-6(13)5-9(7)14/h1-5,10,16H,15H2. The Kier molecular flexibility index (Phi) is 3.88. The summed E-state index contributed by atoms with van der Waals surface area (Å²) in [5, 5.41) is 1.87. The summed E-state index contributed by atoms with van der Waals surface area (Å²) in [7, 11) is 0. The van der Waals surface area contributed by atoms with Crippen molar-refractivity contribution in [3.05, 3.63) is 56.2 Å². The van der Waals surface area contributed by atoms with Crippen LogP contribution < -0.4 is 11.3 Å². The first kappa shape index (κ1) is 12.6. The molecule has 1 unspecified atom stereocenters. The number of hydrogen-bond acceptors (Lipinski definition) is 3. The van der Waals surface area contributed by atoms with Crippen molar-refractivity contribution in [2.24, 2.45) is 5.84 Å². The summed E-state index contributed by atoms with van der Waals surface area (Å²) in [5.74, 6) is 4.23. The molecular weight excluding hydrogens is 310 g/mol. The van der Waals surface area contributed by atoms with Gasteiger partial charge in [0.15, 0.2) is 0 Å². The monoisotopic (exact) mass is 318 g/mol. The summed E-state index contributed by atoms with van der Waals surface area (Å²) >= 11 is 4.80. The van der Waals surface area contributed by atoms with Crippen LogP contribution in [-0.2, 0) is 0 Å². The minimum absolute atomic E-state index is 0.317. The highest BCUT2D eigenvalue weighted by molar-refractivity contribution is 9.10. The van der Waals surface area contributed by atoms with E-state index in [-0.39, 0.29) is 0 Å². The summed E-state index contributed by atoms with van der Waals surface area (Å²) in [6.07, 6.45) is 0. The quantitative estimate of drug-likeness (QED) is 0.673. The van der Waals surface area contributed by atoms with E-state index in [9.17, 15) is 8.78 Å². The zero-order chi connectivity index (χ0) is 12.4. The van der Waals surface area contributed by atoms with Gasteiger partial charge in [-0.05, 0) is 33.4 Å². The average Bonchev–Trinajstić information content (AvgIpc) is 2.69. The van der Waals surface area contributed by atoms with Crippen LogP contribution in [0.3, 0.4) is 0 Å². The van der Waals surface area contributed by atoms with Gasteiger partial charge in [0.05, 0.1) is 6.04 Å². The van der Waals surface area contributed by atoms with Crippen LogP contribution in [0.15, 0.2) is 34.1 Å². The summed E-state index contributed by atoms with van der Waals surface area (Å²) in [4.78, 5) is 0.845. The number of rotatable bonds is 3. The van der Waals surface area contributed by atoms with E-state index in [2.05, 4.69) is 21.4 Å². The number of hydrazine groups is 1. The number of nitrogens with one attached hydrogen (secondary N) is 1. The van der Waals surface area contributed by atoms with E-state index in [1.54, 1.807) is 0 Å². The van der Waals surface area contributed by atoms with Crippen molar-refractivity contribution in [3.8, 4) is 0 Å². The van der Waals surface area contributed by atoms with Crippen LogP contribution in [0.2, 0.25) is 0 Å². The van der Waals surface area contributed by atoms with Gasteiger partial charge in [0.1, 0.15) is 11.6 Å². The molecule has 2 aromatic rings. The molecule has 0 saturated heterocycles. The first-order chi connectivity index (χ1) is 8.13. The van der Waals surface area contributed by atoms with Gasteiger partial charge in [-0.3, -0.25) is 5.84 Å². The zero-order valence-electron chi connectivity index (χ0n) is 8.58. The van der Waals surface area contributed by atoms with Gasteiger partial charge in [0.25, 0.3) is 0 Å². The van der Waals surface area contributed by atoms with E-state index < -0.39 is 17.7 Å². The molecule has 0 radical (unpaired) electrons. The summed E-state index contributed by atoms with van der Waals surface area (Å²) in [6.45, 7) is 0. The average molecular weight is 319 g/mol. The molecule has 17 heavy (non-hydrogen) atoms.